The first-order chi connectivity index (χ1) is 17.8. The molecule has 0 heterocycles. The van der Waals surface area contributed by atoms with Crippen LogP contribution in [-0.4, -0.2) is 0 Å². The van der Waals surface area contributed by atoms with Crippen molar-refractivity contribution in [3.05, 3.63) is 41.8 Å². The summed E-state index contributed by atoms with van der Waals surface area (Å²) in [5.74, 6) is 0. The van der Waals surface area contributed by atoms with Gasteiger partial charge in [-0.05, 0) is 55.7 Å². The third-order valence-corrected chi connectivity index (χ3v) is 8.22. The number of rotatable bonds is 27. The van der Waals surface area contributed by atoms with Crippen molar-refractivity contribution in [1.29, 1.82) is 0 Å². The molecule has 0 amide bonds. The molecule has 0 bridgehead atoms. The summed E-state index contributed by atoms with van der Waals surface area (Å²) in [5, 5.41) is 0. The van der Waals surface area contributed by atoms with Crippen molar-refractivity contribution in [2.75, 3.05) is 0 Å². The van der Waals surface area contributed by atoms with E-state index in [1.165, 1.54) is 167 Å². The van der Waals surface area contributed by atoms with Gasteiger partial charge in [0.15, 0.2) is 0 Å². The van der Waals surface area contributed by atoms with Gasteiger partial charge in [0, 0.05) is 0 Å². The van der Waals surface area contributed by atoms with Crippen molar-refractivity contribution in [3.8, 4) is 0 Å². The first-order valence-electron chi connectivity index (χ1n) is 16.7. The highest BCUT2D eigenvalue weighted by atomic mass is 14.1. The fourth-order valence-corrected chi connectivity index (χ4v) is 5.79. The molecule has 0 fully saturated rings. The van der Waals surface area contributed by atoms with Gasteiger partial charge in [-0.3, -0.25) is 0 Å². The van der Waals surface area contributed by atoms with Gasteiger partial charge < -0.3 is 0 Å². The van der Waals surface area contributed by atoms with E-state index < -0.39 is 0 Å². The summed E-state index contributed by atoms with van der Waals surface area (Å²) in [6.07, 6.45) is 37.8. The van der Waals surface area contributed by atoms with Crippen molar-refractivity contribution in [3.63, 3.8) is 0 Å². The first-order valence-corrected chi connectivity index (χ1v) is 16.7. The average molecular weight is 498 g/mol. The molecular weight excluding hydrogens is 432 g/mol. The Morgan fingerprint density at radius 2 is 0.694 bits per heavy atom. The van der Waals surface area contributed by atoms with Crippen LogP contribution in [0.3, 0.4) is 0 Å². The zero-order valence-corrected chi connectivity index (χ0v) is 25.0. The lowest BCUT2D eigenvalue weighted by Gasteiger charge is -2.14. The lowest BCUT2D eigenvalue weighted by atomic mass is 9.92. The summed E-state index contributed by atoms with van der Waals surface area (Å²) in [5.41, 5.74) is 4.76. The van der Waals surface area contributed by atoms with Crippen LogP contribution in [0.5, 0.6) is 0 Å². The Balaban J connectivity index is 2.08. The summed E-state index contributed by atoms with van der Waals surface area (Å²) < 4.78 is 0. The highest BCUT2D eigenvalue weighted by molar-refractivity contribution is 5.36. The molecule has 36 heavy (non-hydrogen) atoms. The van der Waals surface area contributed by atoms with E-state index in [-0.39, 0.29) is 0 Å². The Morgan fingerprint density at radius 3 is 0.972 bits per heavy atom. The third-order valence-electron chi connectivity index (χ3n) is 8.22. The molecule has 0 aromatic heterocycles. The topological polar surface area (TPSA) is 0 Å². The molecule has 0 atom stereocenters. The maximum atomic E-state index is 4.30. The van der Waals surface area contributed by atoms with Gasteiger partial charge in [-0.15, -0.1) is 0 Å². The predicted molar refractivity (Wildman–Crippen MR) is 165 cm³/mol. The minimum Gasteiger partial charge on any atom is -0.0654 e. The second-order valence-electron chi connectivity index (χ2n) is 11.6. The van der Waals surface area contributed by atoms with E-state index in [2.05, 4.69) is 39.0 Å². The standard InChI is InChI=1S/C36H65/c1-4-7-9-11-13-15-17-19-21-23-25-27-30-34-32-29-33-35(36(34)6-3)31-28-26-24-22-20-18-16-14-12-10-8-5-2/h29,32-33H,3-28,30-31H2,1-2H3. The van der Waals surface area contributed by atoms with E-state index in [4.69, 9.17) is 0 Å². The number of hydrogen-bond acceptors (Lipinski definition) is 0. The van der Waals surface area contributed by atoms with Gasteiger partial charge in [0.2, 0.25) is 0 Å². The molecule has 0 spiro atoms. The smallest absolute Gasteiger partial charge is 0.0273 e. The van der Waals surface area contributed by atoms with E-state index in [9.17, 15) is 0 Å². The molecule has 0 saturated carbocycles. The highest BCUT2D eigenvalue weighted by Crippen LogP contribution is 2.22. The molecule has 209 valence electrons. The van der Waals surface area contributed by atoms with Crippen LogP contribution >= 0.6 is 0 Å². The van der Waals surface area contributed by atoms with Crippen LogP contribution in [0.2, 0.25) is 0 Å². The molecular formula is C36H65. The third kappa shape index (κ3) is 18.5. The van der Waals surface area contributed by atoms with Gasteiger partial charge in [-0.2, -0.15) is 0 Å². The summed E-state index contributed by atoms with van der Waals surface area (Å²) in [7, 11) is 0. The van der Waals surface area contributed by atoms with Crippen LogP contribution in [0, 0.1) is 6.92 Å². The number of aryl methyl sites for hydroxylation is 2. The summed E-state index contributed by atoms with van der Waals surface area (Å²) in [6, 6.07) is 7.07. The number of benzene rings is 1. The number of hydrogen-bond donors (Lipinski definition) is 0. The van der Waals surface area contributed by atoms with Gasteiger partial charge >= 0.3 is 0 Å². The maximum Gasteiger partial charge on any atom is -0.0273 e. The second kappa shape index (κ2) is 25.9. The van der Waals surface area contributed by atoms with Gasteiger partial charge in [-0.1, -0.05) is 173 Å². The second-order valence-corrected chi connectivity index (χ2v) is 11.6. The molecule has 0 nitrogen and oxygen atoms in total. The molecule has 0 heteroatoms. The monoisotopic (exact) mass is 498 g/mol. The largest absolute Gasteiger partial charge is 0.0654 e. The minimum atomic E-state index is 0.960. The lowest BCUT2D eigenvalue weighted by molar-refractivity contribution is 0.543. The Hall–Kier alpha value is -0.780. The van der Waals surface area contributed by atoms with Gasteiger partial charge in [0.05, 0.1) is 0 Å². The lowest BCUT2D eigenvalue weighted by Crippen LogP contribution is -2.00. The van der Waals surface area contributed by atoms with Crippen molar-refractivity contribution >= 4 is 0 Å². The molecule has 0 unspecified atom stereocenters. The molecule has 0 saturated heterocycles. The maximum absolute atomic E-state index is 4.30. The van der Waals surface area contributed by atoms with Crippen LogP contribution in [0.25, 0.3) is 0 Å². The normalized spacial score (nSPS) is 11.4. The summed E-state index contributed by atoms with van der Waals surface area (Å²) in [4.78, 5) is 0. The highest BCUT2D eigenvalue weighted by Gasteiger charge is 2.07. The van der Waals surface area contributed by atoms with Crippen LogP contribution in [0.4, 0.5) is 0 Å². The summed E-state index contributed by atoms with van der Waals surface area (Å²) in [6.45, 7) is 8.90. The molecule has 0 aliphatic heterocycles. The molecule has 1 radical (unpaired) electrons. The van der Waals surface area contributed by atoms with Crippen LogP contribution < -0.4 is 0 Å². The average Bonchev–Trinajstić information content (AvgIpc) is 2.90. The fourth-order valence-electron chi connectivity index (χ4n) is 5.79. The van der Waals surface area contributed by atoms with Gasteiger partial charge in [0.1, 0.15) is 0 Å². The van der Waals surface area contributed by atoms with E-state index in [0.29, 0.717) is 0 Å². The van der Waals surface area contributed by atoms with Crippen molar-refractivity contribution in [2.45, 2.75) is 187 Å². The molecule has 0 N–H and O–H groups in total. The van der Waals surface area contributed by atoms with Gasteiger partial charge in [0.25, 0.3) is 0 Å². The van der Waals surface area contributed by atoms with E-state index >= 15 is 0 Å². The quantitative estimate of drug-likeness (QED) is 0.106. The molecule has 1 aromatic carbocycles. The predicted octanol–water partition coefficient (Wildman–Crippen LogP) is 12.6. The Morgan fingerprint density at radius 1 is 0.417 bits per heavy atom. The van der Waals surface area contributed by atoms with Crippen molar-refractivity contribution < 1.29 is 0 Å². The van der Waals surface area contributed by atoms with E-state index in [0.717, 1.165) is 6.42 Å². The Bertz CT molecular complexity index is 525. The van der Waals surface area contributed by atoms with E-state index in [1.807, 2.05) is 0 Å². The summed E-state index contributed by atoms with van der Waals surface area (Å²) >= 11 is 0. The molecule has 0 aliphatic rings. The SMILES string of the molecule is [CH2]Cc1c(CCCCCCCCCCCCCC)cccc1CCCCCCCCCCCCCC. The fraction of sp³-hybridized carbons (Fsp3) is 0.806. The zero-order chi connectivity index (χ0) is 25.9. The van der Waals surface area contributed by atoms with Crippen LogP contribution in [-0.2, 0) is 19.3 Å². The number of unbranched alkanes of at least 4 members (excludes halogenated alkanes) is 22. The molecule has 1 rings (SSSR count). The van der Waals surface area contributed by atoms with E-state index in [1.54, 1.807) is 16.7 Å². The van der Waals surface area contributed by atoms with Gasteiger partial charge in [-0.25, -0.2) is 0 Å². The minimum absolute atomic E-state index is 0.960. The zero-order valence-electron chi connectivity index (χ0n) is 25.0. The Kier molecular flexibility index (Phi) is 23.9. The van der Waals surface area contributed by atoms with Crippen LogP contribution in [0.15, 0.2) is 18.2 Å². The van der Waals surface area contributed by atoms with Crippen molar-refractivity contribution in [1.82, 2.24) is 0 Å². The molecule has 0 aliphatic carbocycles. The van der Waals surface area contributed by atoms with Crippen LogP contribution in [0.1, 0.15) is 185 Å². The Labute approximate surface area is 228 Å². The molecule has 1 aromatic rings. The first kappa shape index (κ1) is 33.2. The van der Waals surface area contributed by atoms with Crippen molar-refractivity contribution in [2.24, 2.45) is 0 Å².